The van der Waals surface area contributed by atoms with E-state index in [1.165, 1.54) is 11.8 Å². The van der Waals surface area contributed by atoms with E-state index in [2.05, 4.69) is 20.9 Å². The Morgan fingerprint density at radius 2 is 1.88 bits per heavy atom. The van der Waals surface area contributed by atoms with E-state index < -0.39 is 0 Å². The summed E-state index contributed by atoms with van der Waals surface area (Å²) >= 11 is 5.08. The number of benzene rings is 2. The quantitative estimate of drug-likeness (QED) is 0.500. The lowest BCUT2D eigenvalue weighted by molar-refractivity contribution is 0.276. The SMILES string of the molecule is O=c1c2ccccc2nc(SCc2ccccc2Br)n1CCCO. The van der Waals surface area contributed by atoms with Crippen molar-refractivity contribution in [3.8, 4) is 0 Å². The first kappa shape index (κ1) is 17.2. The molecular weight excluding hydrogens is 388 g/mol. The van der Waals surface area contributed by atoms with Crippen LogP contribution >= 0.6 is 27.7 Å². The summed E-state index contributed by atoms with van der Waals surface area (Å²) in [6, 6.07) is 15.4. The zero-order chi connectivity index (χ0) is 16.9. The fourth-order valence-corrected chi connectivity index (χ4v) is 4.08. The molecule has 0 radical (unpaired) electrons. The summed E-state index contributed by atoms with van der Waals surface area (Å²) in [6.45, 7) is 0.513. The van der Waals surface area contributed by atoms with Gasteiger partial charge in [-0.15, -0.1) is 0 Å². The smallest absolute Gasteiger partial charge is 0.262 e. The van der Waals surface area contributed by atoms with Crippen molar-refractivity contribution in [3.05, 3.63) is 68.9 Å². The first-order valence-electron chi connectivity index (χ1n) is 7.67. The second-order valence-electron chi connectivity index (χ2n) is 5.33. The molecule has 124 valence electrons. The van der Waals surface area contributed by atoms with Crippen LogP contribution in [0.3, 0.4) is 0 Å². The standard InChI is InChI=1S/C18H17BrN2O2S/c19-15-8-3-1-6-13(15)12-24-18-20-16-9-4-2-7-14(16)17(23)21(18)10-5-11-22/h1-4,6-9,22H,5,10-12H2. The van der Waals surface area contributed by atoms with Gasteiger partial charge in [0.2, 0.25) is 0 Å². The molecule has 4 nitrogen and oxygen atoms in total. The van der Waals surface area contributed by atoms with E-state index in [1.54, 1.807) is 10.6 Å². The molecule has 0 unspecified atom stereocenters. The van der Waals surface area contributed by atoms with Crippen LogP contribution in [0.2, 0.25) is 0 Å². The number of aromatic nitrogens is 2. The fourth-order valence-electron chi connectivity index (χ4n) is 2.44. The second kappa shape index (κ2) is 7.96. The average molecular weight is 405 g/mol. The van der Waals surface area contributed by atoms with E-state index in [0.29, 0.717) is 34.8 Å². The number of nitrogens with zero attached hydrogens (tertiary/aromatic N) is 2. The minimum atomic E-state index is -0.0522. The Morgan fingerprint density at radius 3 is 2.67 bits per heavy atom. The first-order valence-corrected chi connectivity index (χ1v) is 9.45. The predicted molar refractivity (Wildman–Crippen MR) is 101 cm³/mol. The van der Waals surface area contributed by atoms with Crippen molar-refractivity contribution in [1.82, 2.24) is 9.55 Å². The third-order valence-electron chi connectivity index (χ3n) is 3.68. The molecule has 1 N–H and O–H groups in total. The normalized spacial score (nSPS) is 11.1. The molecule has 3 aromatic rings. The van der Waals surface area contributed by atoms with E-state index in [4.69, 9.17) is 5.11 Å². The van der Waals surface area contributed by atoms with Gasteiger partial charge in [0.05, 0.1) is 10.9 Å². The number of hydrogen-bond acceptors (Lipinski definition) is 4. The van der Waals surface area contributed by atoms with Crippen molar-refractivity contribution >= 4 is 38.6 Å². The largest absolute Gasteiger partial charge is 0.396 e. The minimum Gasteiger partial charge on any atom is -0.396 e. The highest BCUT2D eigenvalue weighted by Crippen LogP contribution is 2.26. The Labute approximate surface area is 152 Å². The van der Waals surface area contributed by atoms with Gasteiger partial charge >= 0.3 is 0 Å². The predicted octanol–water partition coefficient (Wildman–Crippen LogP) is 3.83. The van der Waals surface area contributed by atoms with Crippen molar-refractivity contribution in [2.75, 3.05) is 6.61 Å². The van der Waals surface area contributed by atoms with Gasteiger partial charge < -0.3 is 5.11 Å². The van der Waals surface area contributed by atoms with Crippen molar-refractivity contribution < 1.29 is 5.11 Å². The monoisotopic (exact) mass is 404 g/mol. The van der Waals surface area contributed by atoms with E-state index in [1.807, 2.05) is 42.5 Å². The molecule has 1 aromatic heterocycles. The molecule has 0 saturated carbocycles. The molecule has 0 atom stereocenters. The number of thioether (sulfide) groups is 1. The van der Waals surface area contributed by atoms with Crippen LogP contribution in [0.25, 0.3) is 10.9 Å². The van der Waals surface area contributed by atoms with Crippen molar-refractivity contribution in [1.29, 1.82) is 0 Å². The van der Waals surface area contributed by atoms with Crippen LogP contribution in [-0.4, -0.2) is 21.3 Å². The molecule has 3 rings (SSSR count). The lowest BCUT2D eigenvalue weighted by Gasteiger charge is -2.13. The summed E-state index contributed by atoms with van der Waals surface area (Å²) < 4.78 is 2.71. The highest BCUT2D eigenvalue weighted by molar-refractivity contribution is 9.10. The molecule has 0 amide bonds. The van der Waals surface area contributed by atoms with Crippen LogP contribution in [0.1, 0.15) is 12.0 Å². The Hall–Kier alpha value is -1.63. The van der Waals surface area contributed by atoms with Crippen LogP contribution in [0.15, 0.2) is 63.0 Å². The van der Waals surface area contributed by atoms with Gasteiger partial charge in [-0.05, 0) is 30.2 Å². The van der Waals surface area contributed by atoms with Crippen LogP contribution in [0.5, 0.6) is 0 Å². The van der Waals surface area contributed by atoms with Crippen LogP contribution in [0.4, 0.5) is 0 Å². The molecule has 2 aromatic carbocycles. The van der Waals surface area contributed by atoms with Gasteiger partial charge in [0.15, 0.2) is 5.16 Å². The summed E-state index contributed by atoms with van der Waals surface area (Å²) in [5, 5.41) is 10.4. The van der Waals surface area contributed by atoms with Crippen LogP contribution in [0, 0.1) is 0 Å². The summed E-state index contributed by atoms with van der Waals surface area (Å²) in [6.07, 6.45) is 0.530. The zero-order valence-electron chi connectivity index (χ0n) is 13.0. The Balaban J connectivity index is 1.98. The summed E-state index contributed by atoms with van der Waals surface area (Å²) in [7, 11) is 0. The second-order valence-corrected chi connectivity index (χ2v) is 7.12. The van der Waals surface area contributed by atoms with Gasteiger partial charge in [0.1, 0.15) is 0 Å². The highest BCUT2D eigenvalue weighted by atomic mass is 79.9. The number of hydrogen-bond donors (Lipinski definition) is 1. The number of fused-ring (bicyclic) bond motifs is 1. The van der Waals surface area contributed by atoms with E-state index in [-0.39, 0.29) is 12.2 Å². The maximum Gasteiger partial charge on any atom is 0.262 e. The maximum absolute atomic E-state index is 12.8. The zero-order valence-corrected chi connectivity index (χ0v) is 15.4. The van der Waals surface area contributed by atoms with Gasteiger partial charge in [-0.1, -0.05) is 58.0 Å². The Bertz CT molecular complexity index is 911. The molecule has 0 aliphatic heterocycles. The van der Waals surface area contributed by atoms with E-state index in [0.717, 1.165) is 10.0 Å². The first-order chi connectivity index (χ1) is 11.7. The molecule has 0 bridgehead atoms. The van der Waals surface area contributed by atoms with Crippen molar-refractivity contribution in [3.63, 3.8) is 0 Å². The van der Waals surface area contributed by atoms with Gasteiger partial charge in [0.25, 0.3) is 5.56 Å². The molecular formula is C18H17BrN2O2S. The lowest BCUT2D eigenvalue weighted by Crippen LogP contribution is -2.24. The van der Waals surface area contributed by atoms with Gasteiger partial charge in [-0.25, -0.2) is 4.98 Å². The number of rotatable bonds is 6. The summed E-state index contributed by atoms with van der Waals surface area (Å²) in [5.74, 6) is 0.714. The van der Waals surface area contributed by atoms with Crippen LogP contribution < -0.4 is 5.56 Å². The number of aliphatic hydroxyl groups is 1. The minimum absolute atomic E-state index is 0.0492. The molecule has 0 aliphatic carbocycles. The van der Waals surface area contributed by atoms with Gasteiger partial charge in [0, 0.05) is 23.4 Å². The third-order valence-corrected chi connectivity index (χ3v) is 5.48. The number of halogens is 1. The molecule has 0 aliphatic rings. The molecule has 0 fully saturated rings. The molecule has 0 spiro atoms. The molecule has 6 heteroatoms. The topological polar surface area (TPSA) is 55.1 Å². The fraction of sp³-hybridized carbons (Fsp3) is 0.222. The lowest BCUT2D eigenvalue weighted by atomic mass is 10.2. The van der Waals surface area contributed by atoms with Crippen molar-refractivity contribution in [2.45, 2.75) is 23.9 Å². The summed E-state index contributed by atoms with van der Waals surface area (Å²) in [5.41, 5.74) is 1.81. The van der Waals surface area contributed by atoms with E-state index >= 15 is 0 Å². The van der Waals surface area contributed by atoms with E-state index in [9.17, 15) is 4.79 Å². The number of para-hydroxylation sites is 1. The molecule has 24 heavy (non-hydrogen) atoms. The number of aliphatic hydroxyl groups excluding tert-OH is 1. The molecule has 1 heterocycles. The highest BCUT2D eigenvalue weighted by Gasteiger charge is 2.12. The Morgan fingerprint density at radius 1 is 1.12 bits per heavy atom. The van der Waals surface area contributed by atoms with Gasteiger partial charge in [-0.2, -0.15) is 0 Å². The van der Waals surface area contributed by atoms with Crippen molar-refractivity contribution in [2.24, 2.45) is 0 Å². The molecule has 0 saturated heterocycles. The average Bonchev–Trinajstić information content (AvgIpc) is 2.60. The third kappa shape index (κ3) is 3.71. The van der Waals surface area contributed by atoms with Gasteiger partial charge in [-0.3, -0.25) is 9.36 Å². The Kier molecular flexibility index (Phi) is 5.71. The summed E-state index contributed by atoms with van der Waals surface area (Å²) in [4.78, 5) is 17.4. The maximum atomic E-state index is 12.8. The van der Waals surface area contributed by atoms with Crippen LogP contribution in [-0.2, 0) is 12.3 Å².